The van der Waals surface area contributed by atoms with E-state index >= 15 is 0 Å². The number of hydrogen-bond donors (Lipinski definition) is 1. The van der Waals surface area contributed by atoms with Crippen LogP contribution in [0.25, 0.3) is 0 Å². The van der Waals surface area contributed by atoms with E-state index in [-0.39, 0.29) is 17.5 Å². The Morgan fingerprint density at radius 1 is 1.56 bits per heavy atom. The van der Waals surface area contributed by atoms with Crippen LogP contribution in [0.3, 0.4) is 0 Å². The molecule has 1 fully saturated rings. The van der Waals surface area contributed by atoms with Gasteiger partial charge in [0.05, 0.1) is 10.0 Å². The van der Waals surface area contributed by atoms with E-state index in [0.717, 1.165) is 25.9 Å². The Bertz CT molecular complexity index is 447. The van der Waals surface area contributed by atoms with Gasteiger partial charge in [0, 0.05) is 19.6 Å². The second-order valence-electron chi connectivity index (χ2n) is 4.52. The second kappa shape index (κ2) is 5.80. The lowest BCUT2D eigenvalue weighted by Crippen LogP contribution is -2.46. The molecule has 1 saturated heterocycles. The summed E-state index contributed by atoms with van der Waals surface area (Å²) < 4.78 is 14.2. The van der Waals surface area contributed by atoms with Crippen molar-refractivity contribution in [2.75, 3.05) is 20.1 Å². The Labute approximate surface area is 114 Å². The van der Waals surface area contributed by atoms with Gasteiger partial charge < -0.3 is 10.2 Å². The number of nitrogens with zero attached hydrogens (tertiary/aromatic N) is 1. The Kier molecular flexibility index (Phi) is 4.35. The normalized spacial score (nSPS) is 19.6. The van der Waals surface area contributed by atoms with Gasteiger partial charge in [-0.2, -0.15) is 0 Å². The van der Waals surface area contributed by atoms with Crippen LogP contribution < -0.4 is 5.32 Å². The number of halogens is 2. The summed E-state index contributed by atoms with van der Waals surface area (Å²) in [6, 6.07) is 4.93. The molecule has 1 atom stereocenters. The summed E-state index contributed by atoms with van der Waals surface area (Å²) in [4.78, 5) is 13.9. The van der Waals surface area contributed by atoms with Gasteiger partial charge in [-0.15, -0.1) is 0 Å². The molecule has 0 saturated carbocycles. The van der Waals surface area contributed by atoms with E-state index in [0.29, 0.717) is 4.47 Å². The third kappa shape index (κ3) is 2.72. The van der Waals surface area contributed by atoms with Crippen molar-refractivity contribution >= 4 is 21.8 Å². The number of likely N-dealkylation sites (N-methyl/N-ethyl adjacent to an activating group) is 1. The molecule has 1 unspecified atom stereocenters. The minimum absolute atomic E-state index is 0.123. The number of hydrogen-bond acceptors (Lipinski definition) is 2. The summed E-state index contributed by atoms with van der Waals surface area (Å²) in [7, 11) is 1.74. The van der Waals surface area contributed by atoms with Crippen LogP contribution in [0.5, 0.6) is 0 Å². The largest absolute Gasteiger partial charge is 0.337 e. The van der Waals surface area contributed by atoms with Crippen LogP contribution in [-0.2, 0) is 0 Å². The van der Waals surface area contributed by atoms with Gasteiger partial charge in [-0.1, -0.05) is 6.07 Å². The monoisotopic (exact) mass is 314 g/mol. The molecule has 98 valence electrons. The van der Waals surface area contributed by atoms with Crippen molar-refractivity contribution in [1.29, 1.82) is 0 Å². The van der Waals surface area contributed by atoms with E-state index in [2.05, 4.69) is 21.2 Å². The quantitative estimate of drug-likeness (QED) is 0.909. The number of rotatable bonds is 2. The van der Waals surface area contributed by atoms with Gasteiger partial charge in [-0.3, -0.25) is 4.79 Å². The van der Waals surface area contributed by atoms with E-state index in [1.807, 2.05) is 0 Å². The fourth-order valence-corrected chi connectivity index (χ4v) is 2.55. The van der Waals surface area contributed by atoms with Gasteiger partial charge in [0.2, 0.25) is 0 Å². The van der Waals surface area contributed by atoms with Gasteiger partial charge >= 0.3 is 0 Å². The molecule has 0 aromatic heterocycles. The molecule has 1 aromatic carbocycles. The van der Waals surface area contributed by atoms with Crippen LogP contribution in [-0.4, -0.2) is 37.0 Å². The summed E-state index contributed by atoms with van der Waals surface area (Å²) in [5.74, 6) is -0.749. The van der Waals surface area contributed by atoms with Crippen molar-refractivity contribution < 1.29 is 9.18 Å². The van der Waals surface area contributed by atoms with Crippen molar-refractivity contribution in [2.24, 2.45) is 0 Å². The average Bonchev–Trinajstić information content (AvgIpc) is 2.41. The zero-order chi connectivity index (χ0) is 13.1. The highest BCUT2D eigenvalue weighted by Gasteiger charge is 2.25. The first-order valence-electron chi connectivity index (χ1n) is 6.03. The number of carbonyl (C=O) groups is 1. The van der Waals surface area contributed by atoms with Crippen molar-refractivity contribution in [3.8, 4) is 0 Å². The molecule has 0 radical (unpaired) electrons. The van der Waals surface area contributed by atoms with Crippen LogP contribution in [0.2, 0.25) is 0 Å². The van der Waals surface area contributed by atoms with E-state index in [1.165, 1.54) is 6.07 Å². The molecular formula is C13H16BrFN2O. The van der Waals surface area contributed by atoms with Crippen LogP contribution >= 0.6 is 15.9 Å². The molecule has 2 rings (SSSR count). The van der Waals surface area contributed by atoms with E-state index in [1.54, 1.807) is 24.1 Å². The fourth-order valence-electron chi connectivity index (χ4n) is 2.19. The minimum atomic E-state index is -0.488. The topological polar surface area (TPSA) is 32.3 Å². The zero-order valence-corrected chi connectivity index (χ0v) is 11.8. The molecule has 1 aliphatic rings. The standard InChI is InChI=1S/C13H16BrFN2O/c1-17(9-4-3-7-16-8-9)13(18)10-5-2-6-11(14)12(10)15/h2,5-6,9,16H,3-4,7-8H2,1H3. The Balaban J connectivity index is 2.17. The average molecular weight is 315 g/mol. The highest BCUT2D eigenvalue weighted by Crippen LogP contribution is 2.21. The zero-order valence-electron chi connectivity index (χ0n) is 10.2. The Morgan fingerprint density at radius 3 is 3.00 bits per heavy atom. The second-order valence-corrected chi connectivity index (χ2v) is 5.37. The van der Waals surface area contributed by atoms with Gasteiger partial charge in [0.25, 0.3) is 5.91 Å². The van der Waals surface area contributed by atoms with Gasteiger partial charge in [-0.25, -0.2) is 4.39 Å². The molecule has 1 N–H and O–H groups in total. The molecule has 18 heavy (non-hydrogen) atoms. The molecule has 3 nitrogen and oxygen atoms in total. The van der Waals surface area contributed by atoms with E-state index in [9.17, 15) is 9.18 Å². The first kappa shape index (κ1) is 13.5. The lowest BCUT2D eigenvalue weighted by atomic mass is 10.1. The number of benzene rings is 1. The molecule has 0 spiro atoms. The molecule has 1 amide bonds. The molecule has 0 aliphatic carbocycles. The van der Waals surface area contributed by atoms with Gasteiger partial charge in [0.1, 0.15) is 5.82 Å². The maximum Gasteiger partial charge on any atom is 0.256 e. The number of carbonyl (C=O) groups excluding carboxylic acids is 1. The van der Waals surface area contributed by atoms with Crippen LogP contribution in [0.4, 0.5) is 4.39 Å². The first-order chi connectivity index (χ1) is 8.61. The first-order valence-corrected chi connectivity index (χ1v) is 6.82. The van der Waals surface area contributed by atoms with Crippen molar-refractivity contribution in [1.82, 2.24) is 10.2 Å². The molecular weight excluding hydrogens is 299 g/mol. The predicted molar refractivity (Wildman–Crippen MR) is 72.1 cm³/mol. The molecule has 1 aromatic rings. The van der Waals surface area contributed by atoms with Gasteiger partial charge in [-0.05, 0) is 47.4 Å². The highest BCUT2D eigenvalue weighted by molar-refractivity contribution is 9.10. The van der Waals surface area contributed by atoms with E-state index < -0.39 is 5.82 Å². The summed E-state index contributed by atoms with van der Waals surface area (Å²) in [6.07, 6.45) is 2.01. The summed E-state index contributed by atoms with van der Waals surface area (Å²) >= 11 is 3.10. The van der Waals surface area contributed by atoms with Crippen LogP contribution in [0.1, 0.15) is 23.2 Å². The minimum Gasteiger partial charge on any atom is -0.337 e. The Morgan fingerprint density at radius 2 is 2.33 bits per heavy atom. The summed E-state index contributed by atoms with van der Waals surface area (Å²) in [5.41, 5.74) is 0.123. The van der Waals surface area contributed by atoms with Crippen LogP contribution in [0, 0.1) is 5.82 Å². The number of amides is 1. The third-order valence-electron chi connectivity index (χ3n) is 3.32. The lowest BCUT2D eigenvalue weighted by molar-refractivity contribution is 0.0703. The summed E-state index contributed by atoms with van der Waals surface area (Å²) in [6.45, 7) is 1.77. The third-order valence-corrected chi connectivity index (χ3v) is 3.93. The lowest BCUT2D eigenvalue weighted by Gasteiger charge is -2.31. The Hall–Kier alpha value is -0.940. The maximum atomic E-state index is 13.9. The highest BCUT2D eigenvalue weighted by atomic mass is 79.9. The summed E-state index contributed by atoms with van der Waals surface area (Å²) in [5, 5.41) is 3.25. The molecule has 1 aliphatic heterocycles. The van der Waals surface area contributed by atoms with Crippen molar-refractivity contribution in [2.45, 2.75) is 18.9 Å². The molecule has 1 heterocycles. The van der Waals surface area contributed by atoms with E-state index in [4.69, 9.17) is 0 Å². The number of nitrogens with one attached hydrogen (secondary N) is 1. The SMILES string of the molecule is CN(C(=O)c1cccc(Br)c1F)C1CCCNC1. The van der Waals surface area contributed by atoms with Crippen molar-refractivity contribution in [3.05, 3.63) is 34.1 Å². The molecule has 0 bridgehead atoms. The smallest absolute Gasteiger partial charge is 0.256 e. The predicted octanol–water partition coefficient (Wildman–Crippen LogP) is 2.41. The van der Waals surface area contributed by atoms with Gasteiger partial charge in [0.15, 0.2) is 0 Å². The van der Waals surface area contributed by atoms with Crippen LogP contribution in [0.15, 0.2) is 22.7 Å². The fraction of sp³-hybridized carbons (Fsp3) is 0.462. The maximum absolute atomic E-state index is 13.9. The number of piperidine rings is 1. The van der Waals surface area contributed by atoms with Crippen molar-refractivity contribution in [3.63, 3.8) is 0 Å². The molecule has 5 heteroatoms.